The lowest BCUT2D eigenvalue weighted by molar-refractivity contribution is 0.0313. The lowest BCUT2D eigenvalue weighted by atomic mass is 10.2. The van der Waals surface area contributed by atoms with Crippen LogP contribution >= 0.6 is 23.4 Å². The molecule has 3 heterocycles. The van der Waals surface area contributed by atoms with E-state index in [2.05, 4.69) is 20.3 Å². The molecule has 1 fully saturated rings. The number of aliphatic hydroxyl groups excluding tert-OH is 2. The molecular weight excluding hydrogens is 390 g/mol. The van der Waals surface area contributed by atoms with Crippen molar-refractivity contribution in [3.05, 3.63) is 41.4 Å². The average molecular weight is 408 g/mol. The van der Waals surface area contributed by atoms with Crippen LogP contribution in [0.5, 0.6) is 5.75 Å². The van der Waals surface area contributed by atoms with Gasteiger partial charge in [-0.3, -0.25) is 4.57 Å². The molecule has 0 amide bonds. The highest BCUT2D eigenvalue weighted by Crippen LogP contribution is 2.38. The van der Waals surface area contributed by atoms with Crippen molar-refractivity contribution in [3.8, 4) is 5.75 Å². The number of hydrogen-bond donors (Lipinski definition) is 3. The fourth-order valence-corrected chi connectivity index (χ4v) is 4.51. The molecule has 3 N–H and O–H groups in total. The van der Waals surface area contributed by atoms with Crippen molar-refractivity contribution >= 4 is 40.3 Å². The van der Waals surface area contributed by atoms with Gasteiger partial charge >= 0.3 is 0 Å². The van der Waals surface area contributed by atoms with Crippen LogP contribution in [0.15, 0.2) is 30.6 Å². The molecule has 27 heavy (non-hydrogen) atoms. The van der Waals surface area contributed by atoms with E-state index in [4.69, 9.17) is 16.3 Å². The third kappa shape index (κ3) is 3.43. The second-order valence-corrected chi connectivity index (χ2v) is 7.60. The van der Waals surface area contributed by atoms with E-state index in [-0.39, 0.29) is 10.7 Å². The Morgan fingerprint density at radius 1 is 1.33 bits per heavy atom. The quantitative estimate of drug-likeness (QED) is 0.552. The molecule has 8 nitrogen and oxygen atoms in total. The maximum Gasteiger partial charge on any atom is 0.226 e. The number of nitrogens with one attached hydrogen (secondary N) is 1. The topological polar surface area (TPSA) is 105 Å². The minimum atomic E-state index is -0.897. The van der Waals surface area contributed by atoms with Gasteiger partial charge in [0, 0.05) is 17.9 Å². The van der Waals surface area contributed by atoms with Gasteiger partial charge in [0.25, 0.3) is 0 Å². The maximum absolute atomic E-state index is 10.2. The van der Waals surface area contributed by atoms with E-state index in [9.17, 15) is 10.2 Å². The van der Waals surface area contributed by atoms with E-state index < -0.39 is 12.2 Å². The van der Waals surface area contributed by atoms with Crippen molar-refractivity contribution in [2.75, 3.05) is 18.2 Å². The van der Waals surface area contributed by atoms with Crippen LogP contribution in [0.4, 0.5) is 5.82 Å². The minimum absolute atomic E-state index is 0.0739. The number of aromatic nitrogens is 4. The molecule has 0 radical (unpaired) electrons. The van der Waals surface area contributed by atoms with E-state index in [0.717, 1.165) is 11.3 Å². The van der Waals surface area contributed by atoms with Gasteiger partial charge in [0.1, 0.15) is 17.2 Å². The molecular formula is C17H18ClN5O3S. The molecule has 0 unspecified atom stereocenters. The number of halogens is 1. The summed E-state index contributed by atoms with van der Waals surface area (Å²) < 4.78 is 7.09. The number of nitrogens with zero attached hydrogens (tertiary/aromatic N) is 4. The molecule has 0 saturated carbocycles. The molecule has 3 aromatic rings. The van der Waals surface area contributed by atoms with Gasteiger partial charge in [0.2, 0.25) is 5.28 Å². The number of hydrogen-bond acceptors (Lipinski definition) is 8. The normalized spacial score (nSPS) is 22.3. The molecule has 1 saturated heterocycles. The van der Waals surface area contributed by atoms with Gasteiger partial charge in [-0.1, -0.05) is 18.2 Å². The lowest BCUT2D eigenvalue weighted by Crippen LogP contribution is -2.27. The highest BCUT2D eigenvalue weighted by molar-refractivity contribution is 7.99. The van der Waals surface area contributed by atoms with Crippen LogP contribution in [0, 0.1) is 0 Å². The Balaban J connectivity index is 1.66. The summed E-state index contributed by atoms with van der Waals surface area (Å²) >= 11 is 7.56. The summed E-state index contributed by atoms with van der Waals surface area (Å²) in [4.78, 5) is 12.9. The molecule has 10 heteroatoms. The number of benzene rings is 1. The molecule has 2 aromatic heterocycles. The minimum Gasteiger partial charge on any atom is -0.496 e. The number of ether oxygens (including phenoxy) is 1. The molecule has 0 aliphatic carbocycles. The summed E-state index contributed by atoms with van der Waals surface area (Å²) in [6.07, 6.45) is -0.0906. The highest BCUT2D eigenvalue weighted by Gasteiger charge is 2.36. The van der Waals surface area contributed by atoms with Crippen LogP contribution in [-0.2, 0) is 6.54 Å². The van der Waals surface area contributed by atoms with E-state index in [1.54, 1.807) is 18.0 Å². The number of methoxy groups -OCH3 is 1. The number of imidazole rings is 1. The van der Waals surface area contributed by atoms with Crippen molar-refractivity contribution in [2.24, 2.45) is 0 Å². The van der Waals surface area contributed by atoms with Crippen LogP contribution in [0.3, 0.4) is 0 Å². The van der Waals surface area contributed by atoms with Crippen molar-refractivity contribution in [1.82, 2.24) is 19.5 Å². The first-order chi connectivity index (χ1) is 13.1. The summed E-state index contributed by atoms with van der Waals surface area (Å²) in [6.45, 7) is 0.471. The summed E-state index contributed by atoms with van der Waals surface area (Å²) in [5, 5.41) is 23.0. The molecule has 1 aliphatic rings. The molecule has 1 aromatic carbocycles. The molecule has 0 bridgehead atoms. The first-order valence-electron chi connectivity index (χ1n) is 8.32. The van der Waals surface area contributed by atoms with Gasteiger partial charge in [0.15, 0.2) is 17.0 Å². The van der Waals surface area contributed by atoms with Gasteiger partial charge < -0.3 is 20.3 Å². The van der Waals surface area contributed by atoms with Gasteiger partial charge in [-0.05, 0) is 17.7 Å². The number of aliphatic hydroxyl groups is 2. The second kappa shape index (κ2) is 7.51. The Bertz CT molecular complexity index is 969. The molecule has 1 aliphatic heterocycles. The van der Waals surface area contributed by atoms with Gasteiger partial charge in [-0.15, -0.1) is 11.8 Å². The van der Waals surface area contributed by atoms with Crippen LogP contribution in [-0.4, -0.2) is 54.8 Å². The number of thioether (sulfide) groups is 1. The van der Waals surface area contributed by atoms with E-state index in [0.29, 0.717) is 29.3 Å². The predicted molar refractivity (Wildman–Crippen MR) is 104 cm³/mol. The largest absolute Gasteiger partial charge is 0.496 e. The Morgan fingerprint density at radius 2 is 2.15 bits per heavy atom. The van der Waals surface area contributed by atoms with Gasteiger partial charge in [-0.25, -0.2) is 4.98 Å². The monoisotopic (exact) mass is 407 g/mol. The predicted octanol–water partition coefficient (Wildman–Crippen LogP) is 2.07. The van der Waals surface area contributed by atoms with Crippen molar-refractivity contribution in [3.63, 3.8) is 0 Å². The molecule has 0 spiro atoms. The molecule has 4 rings (SSSR count). The molecule has 142 valence electrons. The summed E-state index contributed by atoms with van der Waals surface area (Å²) in [5.74, 6) is 1.71. The third-order valence-corrected chi connectivity index (χ3v) is 5.98. The Hall–Kier alpha value is -2.07. The maximum atomic E-state index is 10.2. The molecule has 3 atom stereocenters. The number of rotatable bonds is 5. The van der Waals surface area contributed by atoms with Crippen LogP contribution < -0.4 is 10.1 Å². The Labute approximate surface area is 164 Å². The SMILES string of the molecule is COc1ccccc1CNc1nc(Cl)nc2c1ncn2[C@@H]1SC[C@@H](O)[C@H]1O. The average Bonchev–Trinajstić information content (AvgIpc) is 3.23. The number of para-hydroxylation sites is 1. The number of anilines is 1. The van der Waals surface area contributed by atoms with E-state index >= 15 is 0 Å². The van der Waals surface area contributed by atoms with Gasteiger partial charge in [-0.2, -0.15) is 9.97 Å². The van der Waals surface area contributed by atoms with Crippen LogP contribution in [0.2, 0.25) is 5.28 Å². The van der Waals surface area contributed by atoms with Crippen LogP contribution in [0.25, 0.3) is 11.2 Å². The second-order valence-electron chi connectivity index (χ2n) is 6.11. The first-order valence-corrected chi connectivity index (χ1v) is 9.74. The summed E-state index contributed by atoms with van der Waals surface area (Å²) in [7, 11) is 1.62. The summed E-state index contributed by atoms with van der Waals surface area (Å²) in [6, 6.07) is 7.68. The van der Waals surface area contributed by atoms with Crippen LogP contribution in [0.1, 0.15) is 10.9 Å². The zero-order chi connectivity index (χ0) is 19.0. The number of fused-ring (bicyclic) bond motifs is 1. The van der Waals surface area contributed by atoms with Crippen molar-refractivity contribution in [1.29, 1.82) is 0 Å². The smallest absolute Gasteiger partial charge is 0.226 e. The van der Waals surface area contributed by atoms with E-state index in [1.165, 1.54) is 11.8 Å². The highest BCUT2D eigenvalue weighted by atomic mass is 35.5. The van der Waals surface area contributed by atoms with Gasteiger partial charge in [0.05, 0.1) is 19.5 Å². The van der Waals surface area contributed by atoms with Crippen molar-refractivity contribution in [2.45, 2.75) is 24.1 Å². The standard InChI is InChI=1S/C17H18ClN5O3S/c1-26-11-5-3-2-4-9(11)6-19-14-12-15(22-17(18)21-14)23(8-20-12)16-13(25)10(24)7-27-16/h2-5,8,10,13,16,24-25H,6-7H2,1H3,(H,19,21,22)/t10-,13-,16-/m1/s1. The van der Waals surface area contributed by atoms with E-state index in [1.807, 2.05) is 24.3 Å². The third-order valence-electron chi connectivity index (χ3n) is 4.43. The zero-order valence-electron chi connectivity index (χ0n) is 14.4. The Kier molecular flexibility index (Phi) is 5.09. The first kappa shape index (κ1) is 18.3. The fraction of sp³-hybridized carbons (Fsp3) is 0.353. The lowest BCUT2D eigenvalue weighted by Gasteiger charge is -2.17. The Morgan fingerprint density at radius 3 is 2.89 bits per heavy atom. The fourth-order valence-electron chi connectivity index (χ4n) is 3.06. The zero-order valence-corrected chi connectivity index (χ0v) is 16.0. The van der Waals surface area contributed by atoms with Crippen molar-refractivity contribution < 1.29 is 14.9 Å². The summed E-state index contributed by atoms with van der Waals surface area (Å²) in [5.41, 5.74) is 2.01.